The zero-order chi connectivity index (χ0) is 13.1. The monoisotopic (exact) mass is 242 g/mol. The van der Waals surface area contributed by atoms with E-state index >= 15 is 0 Å². The fourth-order valence-electron chi connectivity index (χ4n) is 2.13. The Labute approximate surface area is 107 Å². The predicted molar refractivity (Wildman–Crippen MR) is 73.2 cm³/mol. The first kappa shape index (κ1) is 16.5. The van der Waals surface area contributed by atoms with Crippen LogP contribution in [0.2, 0.25) is 0 Å². The maximum Gasteiger partial charge on any atom is 0.306 e. The highest BCUT2D eigenvalue weighted by atomic mass is 16.4. The minimum Gasteiger partial charge on any atom is -0.481 e. The fraction of sp³-hybridized carbons (Fsp3) is 0.933. The third kappa shape index (κ3) is 10.3. The molecule has 0 aromatic heterocycles. The van der Waals surface area contributed by atoms with E-state index in [0.29, 0.717) is 0 Å². The summed E-state index contributed by atoms with van der Waals surface area (Å²) in [5, 5.41) is 8.76. The molecule has 0 saturated carbocycles. The van der Waals surface area contributed by atoms with E-state index in [4.69, 9.17) is 5.11 Å². The molecular formula is C15H30O2. The van der Waals surface area contributed by atoms with Gasteiger partial charge in [-0.05, 0) is 12.3 Å². The van der Waals surface area contributed by atoms with Gasteiger partial charge in [-0.2, -0.15) is 0 Å². The van der Waals surface area contributed by atoms with E-state index < -0.39 is 5.97 Å². The van der Waals surface area contributed by atoms with Crippen molar-refractivity contribution in [3.63, 3.8) is 0 Å². The SMILES string of the molecule is CCCCCC[C@H](C)CCCC[C@H](C)C(=O)O. The molecule has 0 heterocycles. The number of hydrogen-bond acceptors (Lipinski definition) is 1. The number of hydrogen-bond donors (Lipinski definition) is 1. The topological polar surface area (TPSA) is 37.3 Å². The lowest BCUT2D eigenvalue weighted by atomic mass is 9.95. The first-order valence-corrected chi connectivity index (χ1v) is 7.30. The maximum absolute atomic E-state index is 10.6. The fourth-order valence-corrected chi connectivity index (χ4v) is 2.13. The summed E-state index contributed by atoms with van der Waals surface area (Å²) in [6, 6.07) is 0. The van der Waals surface area contributed by atoms with Crippen molar-refractivity contribution in [2.45, 2.75) is 78.6 Å². The second-order valence-corrected chi connectivity index (χ2v) is 5.48. The van der Waals surface area contributed by atoms with E-state index in [9.17, 15) is 4.79 Å². The van der Waals surface area contributed by atoms with Crippen LogP contribution in [0.3, 0.4) is 0 Å². The first-order valence-electron chi connectivity index (χ1n) is 7.30. The molecule has 17 heavy (non-hydrogen) atoms. The lowest BCUT2D eigenvalue weighted by Gasteiger charge is -2.11. The summed E-state index contributed by atoms with van der Waals surface area (Å²) in [5.74, 6) is -0.0144. The molecule has 0 aliphatic heterocycles. The Balaban J connectivity index is 3.32. The summed E-state index contributed by atoms with van der Waals surface area (Å²) in [7, 11) is 0. The average Bonchev–Trinajstić information content (AvgIpc) is 2.29. The van der Waals surface area contributed by atoms with Gasteiger partial charge in [-0.1, -0.05) is 72.1 Å². The number of rotatable bonds is 11. The largest absolute Gasteiger partial charge is 0.481 e. The number of unbranched alkanes of at least 4 members (excludes halogenated alkanes) is 4. The van der Waals surface area contributed by atoms with Crippen LogP contribution in [0.15, 0.2) is 0 Å². The van der Waals surface area contributed by atoms with Crippen LogP contribution in [0.4, 0.5) is 0 Å². The van der Waals surface area contributed by atoms with Crippen molar-refractivity contribution >= 4 is 5.97 Å². The van der Waals surface area contributed by atoms with Gasteiger partial charge in [0.05, 0.1) is 5.92 Å². The molecular weight excluding hydrogens is 212 g/mol. The van der Waals surface area contributed by atoms with Gasteiger partial charge in [-0.15, -0.1) is 0 Å². The van der Waals surface area contributed by atoms with E-state index in [1.54, 1.807) is 6.92 Å². The molecule has 0 bridgehead atoms. The van der Waals surface area contributed by atoms with Crippen molar-refractivity contribution in [3.05, 3.63) is 0 Å². The molecule has 0 unspecified atom stereocenters. The molecule has 0 saturated heterocycles. The lowest BCUT2D eigenvalue weighted by molar-refractivity contribution is -0.141. The molecule has 0 aliphatic carbocycles. The second kappa shape index (κ2) is 10.6. The molecule has 0 amide bonds. The van der Waals surface area contributed by atoms with Gasteiger partial charge in [-0.25, -0.2) is 0 Å². The molecule has 0 radical (unpaired) electrons. The van der Waals surface area contributed by atoms with Gasteiger partial charge < -0.3 is 5.11 Å². The molecule has 0 spiro atoms. The highest BCUT2D eigenvalue weighted by Crippen LogP contribution is 2.18. The summed E-state index contributed by atoms with van der Waals surface area (Å²) in [6.07, 6.45) is 11.1. The Morgan fingerprint density at radius 2 is 1.47 bits per heavy atom. The highest BCUT2D eigenvalue weighted by molar-refractivity contribution is 5.69. The number of carboxylic acids is 1. The average molecular weight is 242 g/mol. The van der Waals surface area contributed by atoms with Gasteiger partial charge in [0, 0.05) is 0 Å². The Kier molecular flexibility index (Phi) is 10.3. The highest BCUT2D eigenvalue weighted by Gasteiger charge is 2.10. The Morgan fingerprint density at radius 1 is 0.941 bits per heavy atom. The smallest absolute Gasteiger partial charge is 0.306 e. The summed E-state index contributed by atoms with van der Waals surface area (Å²) in [6.45, 7) is 6.37. The van der Waals surface area contributed by atoms with Gasteiger partial charge in [-0.3, -0.25) is 4.79 Å². The molecule has 0 aliphatic rings. The summed E-state index contributed by atoms with van der Waals surface area (Å²) < 4.78 is 0. The van der Waals surface area contributed by atoms with Gasteiger partial charge in [0.25, 0.3) is 0 Å². The van der Waals surface area contributed by atoms with E-state index in [2.05, 4.69) is 13.8 Å². The van der Waals surface area contributed by atoms with Crippen molar-refractivity contribution in [2.75, 3.05) is 0 Å². The van der Waals surface area contributed by atoms with Crippen molar-refractivity contribution in [1.29, 1.82) is 0 Å². The van der Waals surface area contributed by atoms with Gasteiger partial charge in [0.15, 0.2) is 0 Å². The molecule has 2 heteroatoms. The summed E-state index contributed by atoms with van der Waals surface area (Å²) in [4.78, 5) is 10.6. The molecule has 2 nitrogen and oxygen atoms in total. The molecule has 0 fully saturated rings. The Morgan fingerprint density at radius 3 is 2.00 bits per heavy atom. The minimum absolute atomic E-state index is 0.171. The molecule has 0 aromatic carbocycles. The van der Waals surface area contributed by atoms with E-state index in [1.807, 2.05) is 0 Å². The third-order valence-electron chi connectivity index (χ3n) is 3.56. The summed E-state index contributed by atoms with van der Waals surface area (Å²) >= 11 is 0. The van der Waals surface area contributed by atoms with E-state index in [1.165, 1.54) is 44.9 Å². The van der Waals surface area contributed by atoms with Crippen LogP contribution in [0.25, 0.3) is 0 Å². The van der Waals surface area contributed by atoms with Crippen LogP contribution < -0.4 is 0 Å². The van der Waals surface area contributed by atoms with Crippen molar-refractivity contribution in [1.82, 2.24) is 0 Å². The molecule has 1 N–H and O–H groups in total. The van der Waals surface area contributed by atoms with E-state index in [-0.39, 0.29) is 5.92 Å². The maximum atomic E-state index is 10.6. The zero-order valence-electron chi connectivity index (χ0n) is 11.9. The Bertz CT molecular complexity index is 189. The number of carboxylic acid groups (broad SMARTS) is 1. The first-order chi connectivity index (χ1) is 8.07. The van der Waals surface area contributed by atoms with E-state index in [0.717, 1.165) is 18.8 Å². The number of aliphatic carboxylic acids is 1. The third-order valence-corrected chi connectivity index (χ3v) is 3.56. The van der Waals surface area contributed by atoms with Crippen LogP contribution in [-0.4, -0.2) is 11.1 Å². The lowest BCUT2D eigenvalue weighted by Crippen LogP contribution is -2.09. The Hall–Kier alpha value is -0.530. The zero-order valence-corrected chi connectivity index (χ0v) is 11.9. The van der Waals surface area contributed by atoms with Gasteiger partial charge >= 0.3 is 5.97 Å². The van der Waals surface area contributed by atoms with Crippen molar-refractivity contribution in [2.24, 2.45) is 11.8 Å². The minimum atomic E-state index is -0.655. The molecule has 102 valence electrons. The predicted octanol–water partition coefficient (Wildman–Crippen LogP) is 4.87. The van der Waals surface area contributed by atoms with Crippen LogP contribution >= 0.6 is 0 Å². The van der Waals surface area contributed by atoms with Gasteiger partial charge in [0.2, 0.25) is 0 Å². The van der Waals surface area contributed by atoms with Crippen LogP contribution in [0, 0.1) is 11.8 Å². The summed E-state index contributed by atoms with van der Waals surface area (Å²) in [5.41, 5.74) is 0. The second-order valence-electron chi connectivity index (χ2n) is 5.48. The molecule has 0 aromatic rings. The quantitative estimate of drug-likeness (QED) is 0.525. The van der Waals surface area contributed by atoms with Gasteiger partial charge in [0.1, 0.15) is 0 Å². The molecule has 2 atom stereocenters. The standard InChI is InChI=1S/C15H30O2/c1-4-5-6-7-10-13(2)11-8-9-12-14(3)15(16)17/h13-14H,4-12H2,1-3H3,(H,16,17)/t13-,14-/m0/s1. The number of carbonyl (C=O) groups is 1. The van der Waals surface area contributed by atoms with Crippen LogP contribution in [0.5, 0.6) is 0 Å². The molecule has 0 rings (SSSR count). The van der Waals surface area contributed by atoms with Crippen molar-refractivity contribution < 1.29 is 9.90 Å². The van der Waals surface area contributed by atoms with Crippen LogP contribution in [0.1, 0.15) is 78.6 Å². The normalized spacial score (nSPS) is 14.5. The van der Waals surface area contributed by atoms with Crippen LogP contribution in [-0.2, 0) is 4.79 Å². The van der Waals surface area contributed by atoms with Crippen molar-refractivity contribution in [3.8, 4) is 0 Å².